The molecule has 0 aliphatic rings. The first kappa shape index (κ1) is 9.99. The summed E-state index contributed by atoms with van der Waals surface area (Å²) < 4.78 is 4.96. The highest BCUT2D eigenvalue weighted by Gasteiger charge is 2.16. The van der Waals surface area contributed by atoms with Crippen molar-refractivity contribution >= 4 is 5.82 Å². The van der Waals surface area contributed by atoms with Crippen LogP contribution < -0.4 is 4.74 Å². The fourth-order valence-corrected chi connectivity index (χ4v) is 0.893. The summed E-state index contributed by atoms with van der Waals surface area (Å²) in [5, 5.41) is 10.5. The van der Waals surface area contributed by atoms with E-state index in [1.165, 1.54) is 6.07 Å². The van der Waals surface area contributed by atoms with Crippen LogP contribution in [-0.4, -0.2) is 16.5 Å². The molecule has 0 aromatic carbocycles. The smallest absolute Gasteiger partial charge is 0.406 e. The second-order valence-corrected chi connectivity index (χ2v) is 2.52. The number of aromatic nitrogens is 1. The minimum Gasteiger partial charge on any atom is -0.473 e. The Balaban J connectivity index is 3.03. The molecule has 5 heteroatoms. The molecule has 1 rings (SSSR count). The average Bonchev–Trinajstić information content (AvgIpc) is 2.15. The third-order valence-electron chi connectivity index (χ3n) is 1.46. The number of pyridine rings is 1. The van der Waals surface area contributed by atoms with Gasteiger partial charge >= 0.3 is 5.82 Å². The fraction of sp³-hybridized carbons (Fsp3) is 0.222. The molecule has 1 aromatic rings. The number of ether oxygens (including phenoxy) is 1. The summed E-state index contributed by atoms with van der Waals surface area (Å²) in [6, 6.07) is 3.11. The number of nitro groups is 1. The van der Waals surface area contributed by atoms with Gasteiger partial charge in [0, 0.05) is 6.92 Å². The molecule has 0 aliphatic heterocycles. The summed E-state index contributed by atoms with van der Waals surface area (Å²) in [6.07, 6.45) is 4.97. The molecule has 0 saturated carbocycles. The van der Waals surface area contributed by atoms with Gasteiger partial charge in [-0.1, -0.05) is 5.92 Å². The Morgan fingerprint density at radius 1 is 1.71 bits per heavy atom. The summed E-state index contributed by atoms with van der Waals surface area (Å²) in [4.78, 5) is 13.7. The van der Waals surface area contributed by atoms with Crippen LogP contribution in [-0.2, 0) is 0 Å². The fourth-order valence-electron chi connectivity index (χ4n) is 0.893. The molecule has 0 bridgehead atoms. The van der Waals surface area contributed by atoms with Gasteiger partial charge in [-0.05, 0) is 22.0 Å². The number of aryl methyl sites for hydroxylation is 1. The van der Waals surface area contributed by atoms with Gasteiger partial charge in [-0.3, -0.25) is 0 Å². The van der Waals surface area contributed by atoms with E-state index in [1.54, 1.807) is 13.0 Å². The van der Waals surface area contributed by atoms with E-state index in [-0.39, 0.29) is 18.2 Å². The molecule has 1 heterocycles. The number of rotatable bonds is 3. The summed E-state index contributed by atoms with van der Waals surface area (Å²) in [7, 11) is 0. The lowest BCUT2D eigenvalue weighted by molar-refractivity contribution is -0.390. The summed E-state index contributed by atoms with van der Waals surface area (Å²) in [6.45, 7) is 1.66. The number of nitrogens with zero attached hydrogens (tertiary/aromatic N) is 2. The van der Waals surface area contributed by atoms with E-state index in [9.17, 15) is 10.1 Å². The van der Waals surface area contributed by atoms with Crippen molar-refractivity contribution in [2.24, 2.45) is 0 Å². The average molecular weight is 192 g/mol. The molecule has 0 spiro atoms. The van der Waals surface area contributed by atoms with Gasteiger partial charge in [0.15, 0.2) is 0 Å². The molecule has 0 aliphatic carbocycles. The second-order valence-electron chi connectivity index (χ2n) is 2.52. The standard InChI is InChI=1S/C9H8N2O3/c1-3-6-14-8-5-4-7(2)10-9(8)11(12)13/h1,4-5H,6H2,2H3. The van der Waals surface area contributed by atoms with E-state index in [4.69, 9.17) is 11.2 Å². The van der Waals surface area contributed by atoms with E-state index >= 15 is 0 Å². The van der Waals surface area contributed by atoms with Crippen LogP contribution in [0.1, 0.15) is 5.69 Å². The van der Waals surface area contributed by atoms with Gasteiger partial charge in [-0.25, -0.2) is 0 Å². The van der Waals surface area contributed by atoms with Gasteiger partial charge in [-0.15, -0.1) is 6.42 Å². The third-order valence-corrected chi connectivity index (χ3v) is 1.46. The first-order valence-corrected chi connectivity index (χ1v) is 3.83. The zero-order chi connectivity index (χ0) is 10.6. The van der Waals surface area contributed by atoms with Crippen molar-refractivity contribution in [3.8, 4) is 18.1 Å². The van der Waals surface area contributed by atoms with Crippen LogP contribution in [0.15, 0.2) is 12.1 Å². The SMILES string of the molecule is C#CCOc1ccc(C)nc1[N+](=O)[O-]. The Kier molecular flexibility index (Phi) is 3.02. The van der Waals surface area contributed by atoms with Crippen LogP contribution in [0.4, 0.5) is 5.82 Å². The molecule has 0 unspecified atom stereocenters. The summed E-state index contributed by atoms with van der Waals surface area (Å²) in [5.74, 6) is 2.01. The molecular formula is C9H8N2O3. The van der Waals surface area contributed by atoms with Crippen LogP contribution in [0.2, 0.25) is 0 Å². The van der Waals surface area contributed by atoms with E-state index in [2.05, 4.69) is 10.9 Å². The van der Waals surface area contributed by atoms with E-state index in [1.807, 2.05) is 0 Å². The van der Waals surface area contributed by atoms with E-state index in [0.29, 0.717) is 5.69 Å². The Hall–Kier alpha value is -2.09. The number of terminal acetylenes is 1. The van der Waals surface area contributed by atoms with Crippen molar-refractivity contribution in [2.75, 3.05) is 6.61 Å². The number of hydrogen-bond acceptors (Lipinski definition) is 4. The molecule has 0 radical (unpaired) electrons. The molecule has 1 aromatic heterocycles. The normalized spacial score (nSPS) is 9.14. The second kappa shape index (κ2) is 4.23. The van der Waals surface area contributed by atoms with Gasteiger partial charge in [0.05, 0.1) is 0 Å². The third kappa shape index (κ3) is 2.20. The van der Waals surface area contributed by atoms with E-state index < -0.39 is 4.92 Å². The van der Waals surface area contributed by atoms with Crippen molar-refractivity contribution < 1.29 is 9.66 Å². The Morgan fingerprint density at radius 2 is 2.43 bits per heavy atom. The zero-order valence-corrected chi connectivity index (χ0v) is 7.56. The predicted octanol–water partition coefficient (Wildman–Crippen LogP) is 1.31. The topological polar surface area (TPSA) is 65.3 Å². The highest BCUT2D eigenvalue weighted by Crippen LogP contribution is 2.23. The van der Waals surface area contributed by atoms with Gasteiger partial charge in [0.25, 0.3) is 0 Å². The van der Waals surface area contributed by atoms with Gasteiger partial charge in [0.1, 0.15) is 12.3 Å². The van der Waals surface area contributed by atoms with Crippen LogP contribution >= 0.6 is 0 Å². The van der Waals surface area contributed by atoms with Gasteiger partial charge in [-0.2, -0.15) is 0 Å². The quantitative estimate of drug-likeness (QED) is 0.411. The molecule has 5 nitrogen and oxygen atoms in total. The summed E-state index contributed by atoms with van der Waals surface area (Å²) >= 11 is 0. The molecule has 0 N–H and O–H groups in total. The first-order valence-electron chi connectivity index (χ1n) is 3.83. The Labute approximate surface area is 80.9 Å². The first-order chi connectivity index (χ1) is 6.65. The van der Waals surface area contributed by atoms with Crippen LogP contribution in [0.25, 0.3) is 0 Å². The Morgan fingerprint density at radius 3 is 3.00 bits per heavy atom. The molecular weight excluding hydrogens is 184 g/mol. The minimum atomic E-state index is -0.598. The largest absolute Gasteiger partial charge is 0.473 e. The zero-order valence-electron chi connectivity index (χ0n) is 7.56. The molecule has 0 amide bonds. The monoisotopic (exact) mass is 192 g/mol. The highest BCUT2D eigenvalue weighted by molar-refractivity contribution is 5.40. The molecule has 0 fully saturated rings. The number of hydrogen-bond donors (Lipinski definition) is 0. The molecule has 72 valence electrons. The van der Waals surface area contributed by atoms with Crippen molar-refractivity contribution in [3.63, 3.8) is 0 Å². The van der Waals surface area contributed by atoms with Gasteiger partial charge < -0.3 is 14.9 Å². The van der Waals surface area contributed by atoms with Crippen LogP contribution in [0.5, 0.6) is 5.75 Å². The molecule has 14 heavy (non-hydrogen) atoms. The van der Waals surface area contributed by atoms with Crippen molar-refractivity contribution in [2.45, 2.75) is 6.92 Å². The van der Waals surface area contributed by atoms with Crippen molar-refractivity contribution in [1.82, 2.24) is 4.98 Å². The maximum Gasteiger partial charge on any atom is 0.406 e. The van der Waals surface area contributed by atoms with Crippen LogP contribution in [0.3, 0.4) is 0 Å². The predicted molar refractivity (Wildman–Crippen MR) is 50.0 cm³/mol. The van der Waals surface area contributed by atoms with Crippen molar-refractivity contribution in [1.29, 1.82) is 0 Å². The van der Waals surface area contributed by atoms with Crippen molar-refractivity contribution in [3.05, 3.63) is 27.9 Å². The lowest BCUT2D eigenvalue weighted by Crippen LogP contribution is -2.01. The van der Waals surface area contributed by atoms with E-state index in [0.717, 1.165) is 0 Å². The minimum absolute atomic E-state index is 0.00835. The van der Waals surface area contributed by atoms with Gasteiger partial charge in [0.2, 0.25) is 5.75 Å². The summed E-state index contributed by atoms with van der Waals surface area (Å²) in [5.41, 5.74) is 0.560. The lowest BCUT2D eigenvalue weighted by Gasteiger charge is -2.02. The maximum atomic E-state index is 10.5. The lowest BCUT2D eigenvalue weighted by atomic mass is 10.3. The Bertz CT molecular complexity index is 396. The molecule has 0 atom stereocenters. The highest BCUT2D eigenvalue weighted by atomic mass is 16.6. The maximum absolute atomic E-state index is 10.5. The molecule has 0 saturated heterocycles. The van der Waals surface area contributed by atoms with Crippen LogP contribution in [0, 0.1) is 29.4 Å².